The first-order chi connectivity index (χ1) is 8.42. The Morgan fingerprint density at radius 2 is 1.88 bits per heavy atom. The standard InChI is InChI=1S/C9H7NO2.C4H4S/c11-6-12-9-5-10-8-4-2-1-3-7(8)9;1-2-4-5-3-1/h1-6,10H;1-4H. The monoisotopic (exact) mass is 245 g/mol. The molecular weight excluding hydrogens is 234 g/mol. The maximum Gasteiger partial charge on any atom is 0.298 e. The molecule has 0 unspecified atom stereocenters. The van der Waals surface area contributed by atoms with Crippen LogP contribution < -0.4 is 4.74 Å². The summed E-state index contributed by atoms with van der Waals surface area (Å²) >= 11 is 1.71. The second-order valence-electron chi connectivity index (χ2n) is 3.21. The molecule has 3 aromatic rings. The van der Waals surface area contributed by atoms with Crippen molar-refractivity contribution in [1.82, 2.24) is 4.98 Å². The fourth-order valence-corrected chi connectivity index (χ4v) is 1.87. The fraction of sp³-hybridized carbons (Fsp3) is 0. The summed E-state index contributed by atoms with van der Waals surface area (Å²) in [6, 6.07) is 11.7. The van der Waals surface area contributed by atoms with E-state index in [9.17, 15) is 4.79 Å². The molecule has 0 saturated heterocycles. The average Bonchev–Trinajstić information content (AvgIpc) is 3.02. The van der Waals surface area contributed by atoms with Crippen LogP contribution in [0.5, 0.6) is 5.75 Å². The minimum atomic E-state index is 0.426. The third kappa shape index (κ3) is 2.95. The number of aromatic amines is 1. The minimum Gasteiger partial charge on any atom is -0.426 e. The van der Waals surface area contributed by atoms with E-state index in [0.29, 0.717) is 12.2 Å². The molecule has 86 valence electrons. The summed E-state index contributed by atoms with van der Waals surface area (Å²) in [5.74, 6) is 0.570. The first kappa shape index (κ1) is 11.4. The fourth-order valence-electron chi connectivity index (χ4n) is 1.42. The molecule has 0 bridgehead atoms. The number of carbonyl (C=O) groups excluding carboxylic acids is 1. The van der Waals surface area contributed by atoms with Crippen molar-refractivity contribution in [3.8, 4) is 5.75 Å². The molecule has 0 radical (unpaired) electrons. The van der Waals surface area contributed by atoms with E-state index >= 15 is 0 Å². The van der Waals surface area contributed by atoms with Crippen molar-refractivity contribution >= 4 is 28.7 Å². The zero-order chi connectivity index (χ0) is 11.9. The summed E-state index contributed by atoms with van der Waals surface area (Å²) in [6.07, 6.45) is 1.67. The third-order valence-corrected chi connectivity index (χ3v) is 2.78. The number of ether oxygens (including phenoxy) is 1. The lowest BCUT2D eigenvalue weighted by Gasteiger charge is -1.92. The van der Waals surface area contributed by atoms with Crippen LogP contribution >= 0.6 is 11.3 Å². The third-order valence-electron chi connectivity index (χ3n) is 2.15. The number of nitrogens with one attached hydrogen (secondary N) is 1. The lowest BCUT2D eigenvalue weighted by molar-refractivity contribution is -0.120. The number of carbonyl (C=O) groups is 1. The number of fused-ring (bicyclic) bond motifs is 1. The van der Waals surface area contributed by atoms with E-state index in [2.05, 4.69) is 4.98 Å². The van der Waals surface area contributed by atoms with E-state index < -0.39 is 0 Å². The molecule has 3 rings (SSSR count). The van der Waals surface area contributed by atoms with Crippen LogP contribution in [0.1, 0.15) is 0 Å². The molecule has 4 heteroatoms. The molecule has 0 aliphatic carbocycles. The highest BCUT2D eigenvalue weighted by atomic mass is 32.1. The van der Waals surface area contributed by atoms with E-state index in [0.717, 1.165) is 10.9 Å². The average molecular weight is 245 g/mol. The van der Waals surface area contributed by atoms with Gasteiger partial charge in [-0.25, -0.2) is 0 Å². The SMILES string of the molecule is O=COc1c[nH]c2ccccc12.c1ccsc1. The Bertz CT molecular complexity index is 555. The Balaban J connectivity index is 0.000000181. The molecule has 2 heterocycles. The Hall–Kier alpha value is -2.07. The van der Waals surface area contributed by atoms with Crippen molar-refractivity contribution in [1.29, 1.82) is 0 Å². The molecule has 0 aliphatic rings. The van der Waals surface area contributed by atoms with E-state index in [1.807, 2.05) is 47.2 Å². The zero-order valence-electron chi connectivity index (χ0n) is 9.00. The van der Waals surface area contributed by atoms with Crippen molar-refractivity contribution < 1.29 is 9.53 Å². The van der Waals surface area contributed by atoms with E-state index in [1.165, 1.54) is 0 Å². The molecule has 3 nitrogen and oxygen atoms in total. The molecule has 1 N–H and O–H groups in total. The maximum absolute atomic E-state index is 10.1. The van der Waals surface area contributed by atoms with Gasteiger partial charge in [-0.05, 0) is 22.9 Å². The second-order valence-corrected chi connectivity index (χ2v) is 4.02. The molecule has 0 spiro atoms. The number of aromatic nitrogens is 1. The van der Waals surface area contributed by atoms with E-state index in [-0.39, 0.29) is 0 Å². The van der Waals surface area contributed by atoms with Gasteiger partial charge in [0.1, 0.15) is 0 Å². The van der Waals surface area contributed by atoms with Crippen LogP contribution in [-0.2, 0) is 4.79 Å². The largest absolute Gasteiger partial charge is 0.426 e. The van der Waals surface area contributed by atoms with Gasteiger partial charge in [-0.15, -0.1) is 0 Å². The predicted molar refractivity (Wildman–Crippen MR) is 69.3 cm³/mol. The molecule has 0 fully saturated rings. The van der Waals surface area contributed by atoms with Crippen LogP contribution in [0, 0.1) is 0 Å². The van der Waals surface area contributed by atoms with Crippen LogP contribution in [0.25, 0.3) is 10.9 Å². The van der Waals surface area contributed by atoms with Crippen molar-refractivity contribution in [2.45, 2.75) is 0 Å². The van der Waals surface area contributed by atoms with E-state index in [4.69, 9.17) is 4.74 Å². The highest BCUT2D eigenvalue weighted by molar-refractivity contribution is 7.07. The summed E-state index contributed by atoms with van der Waals surface area (Å²) in [6.45, 7) is 0.426. The van der Waals surface area contributed by atoms with Gasteiger partial charge in [0.25, 0.3) is 6.47 Å². The van der Waals surface area contributed by atoms with Gasteiger partial charge >= 0.3 is 0 Å². The van der Waals surface area contributed by atoms with Crippen molar-refractivity contribution in [3.63, 3.8) is 0 Å². The summed E-state index contributed by atoms with van der Waals surface area (Å²) in [5, 5.41) is 5.00. The highest BCUT2D eigenvalue weighted by Gasteiger charge is 2.01. The molecule has 0 atom stereocenters. The van der Waals surface area contributed by atoms with Crippen molar-refractivity contribution in [2.75, 3.05) is 0 Å². The number of thiophene rings is 1. The van der Waals surface area contributed by atoms with Crippen molar-refractivity contribution in [2.24, 2.45) is 0 Å². The van der Waals surface area contributed by atoms with Gasteiger partial charge in [-0.1, -0.05) is 24.3 Å². The second kappa shape index (κ2) is 5.86. The van der Waals surface area contributed by atoms with Gasteiger partial charge in [0.2, 0.25) is 0 Å². The van der Waals surface area contributed by atoms with Gasteiger partial charge in [-0.3, -0.25) is 4.79 Å². The summed E-state index contributed by atoms with van der Waals surface area (Å²) in [4.78, 5) is 13.1. The Morgan fingerprint density at radius 1 is 1.12 bits per heavy atom. The minimum absolute atomic E-state index is 0.426. The molecule has 2 aromatic heterocycles. The van der Waals surface area contributed by atoms with Gasteiger partial charge in [-0.2, -0.15) is 11.3 Å². The molecule has 0 aliphatic heterocycles. The smallest absolute Gasteiger partial charge is 0.298 e. The van der Waals surface area contributed by atoms with Gasteiger partial charge < -0.3 is 9.72 Å². The molecular formula is C13H11NO2S. The Kier molecular flexibility index (Phi) is 3.94. The summed E-state index contributed by atoms with van der Waals surface area (Å²) < 4.78 is 4.75. The molecule has 1 aromatic carbocycles. The van der Waals surface area contributed by atoms with Crippen LogP contribution in [-0.4, -0.2) is 11.5 Å². The molecule has 17 heavy (non-hydrogen) atoms. The summed E-state index contributed by atoms with van der Waals surface area (Å²) in [7, 11) is 0. The van der Waals surface area contributed by atoms with Crippen LogP contribution in [0.4, 0.5) is 0 Å². The summed E-state index contributed by atoms with van der Waals surface area (Å²) in [5.41, 5.74) is 0.967. The van der Waals surface area contributed by atoms with Crippen LogP contribution in [0.15, 0.2) is 53.4 Å². The van der Waals surface area contributed by atoms with Crippen molar-refractivity contribution in [3.05, 3.63) is 53.4 Å². The number of rotatable bonds is 2. The zero-order valence-corrected chi connectivity index (χ0v) is 9.81. The lowest BCUT2D eigenvalue weighted by atomic mass is 10.2. The van der Waals surface area contributed by atoms with Crippen LogP contribution in [0.3, 0.4) is 0 Å². The first-order valence-electron chi connectivity index (χ1n) is 5.05. The van der Waals surface area contributed by atoms with Gasteiger partial charge in [0.05, 0.1) is 0 Å². The van der Waals surface area contributed by atoms with Crippen LogP contribution in [0.2, 0.25) is 0 Å². The topological polar surface area (TPSA) is 42.1 Å². The number of H-pyrrole nitrogens is 1. The predicted octanol–water partition coefficient (Wildman–Crippen LogP) is 3.45. The Morgan fingerprint density at radius 3 is 2.53 bits per heavy atom. The van der Waals surface area contributed by atoms with Gasteiger partial charge in [0, 0.05) is 17.1 Å². The normalized spacial score (nSPS) is 9.41. The van der Waals surface area contributed by atoms with Gasteiger partial charge in [0.15, 0.2) is 5.75 Å². The lowest BCUT2D eigenvalue weighted by Crippen LogP contribution is -1.85. The quantitative estimate of drug-likeness (QED) is 0.702. The first-order valence-corrected chi connectivity index (χ1v) is 5.99. The maximum atomic E-state index is 10.1. The number of hydrogen-bond donors (Lipinski definition) is 1. The highest BCUT2D eigenvalue weighted by Crippen LogP contribution is 2.23. The van der Waals surface area contributed by atoms with E-state index in [1.54, 1.807) is 17.5 Å². The number of para-hydroxylation sites is 1. The number of hydrogen-bond acceptors (Lipinski definition) is 3. The Labute approximate surface area is 103 Å². The molecule has 0 saturated carbocycles. The molecule has 0 amide bonds. The number of benzene rings is 1.